The first-order valence-corrected chi connectivity index (χ1v) is 6.70. The van der Waals surface area contributed by atoms with Crippen molar-refractivity contribution < 1.29 is 44.4 Å². The summed E-state index contributed by atoms with van der Waals surface area (Å²) in [5, 5.41) is 0. The molecule has 0 heterocycles. The van der Waals surface area contributed by atoms with E-state index in [1.54, 1.807) is 6.08 Å². The first-order chi connectivity index (χ1) is 9.25. The third-order valence-corrected chi connectivity index (χ3v) is 3.14. The van der Waals surface area contributed by atoms with Crippen LogP contribution in [0.15, 0.2) is 70.8 Å². The Kier molecular flexibility index (Phi) is 7.60. The maximum absolute atomic E-state index is 11.9. The number of carbonyl (C=O) groups is 1. The van der Waals surface area contributed by atoms with Gasteiger partial charge in [-0.05, 0) is 0 Å². The van der Waals surface area contributed by atoms with E-state index in [4.69, 9.17) is 0 Å². The number of hydrogen-bond donors (Lipinski definition) is 0. The largest absolute Gasteiger partial charge is 0 e. The summed E-state index contributed by atoms with van der Waals surface area (Å²) in [5.41, 5.74) is 2.02. The second kappa shape index (κ2) is 8.96. The van der Waals surface area contributed by atoms with Gasteiger partial charge in [0.05, 0.1) is 0 Å². The Morgan fingerprint density at radius 2 is 1.35 bits per heavy atom. The number of ketones is 1. The standard InChI is InChI=1S/C17H13O.2Pd/c18-17(13-11-15-7-3-1-4-8-15)14-12-16-9-5-2-6-10-16;;/h1-13H;;. The minimum Gasteiger partial charge on any atom is 0 e. The van der Waals surface area contributed by atoms with E-state index in [0.717, 1.165) is 11.1 Å². The van der Waals surface area contributed by atoms with Crippen LogP contribution >= 0.6 is 0 Å². The molecule has 0 N–H and O–H groups in total. The van der Waals surface area contributed by atoms with Crippen LogP contribution in [0.4, 0.5) is 0 Å². The summed E-state index contributed by atoms with van der Waals surface area (Å²) in [5.74, 6) is -0.0318. The Hall–Kier alpha value is -1.09. The smallest absolute Gasteiger partial charge is 0 e. The van der Waals surface area contributed by atoms with Gasteiger partial charge >= 0.3 is 124 Å². The Balaban J connectivity index is 0.00000200. The van der Waals surface area contributed by atoms with Gasteiger partial charge in [0, 0.05) is 20.4 Å². The molecule has 2 rings (SSSR count). The van der Waals surface area contributed by atoms with Crippen LogP contribution in [0.3, 0.4) is 0 Å². The fourth-order valence-corrected chi connectivity index (χ4v) is 1.96. The molecule has 2 aromatic carbocycles. The molecule has 0 aliphatic heterocycles. The maximum Gasteiger partial charge on any atom is 0 e. The van der Waals surface area contributed by atoms with E-state index in [-0.39, 0.29) is 26.2 Å². The molecule has 0 amide bonds. The van der Waals surface area contributed by atoms with Crippen molar-refractivity contribution in [1.82, 2.24) is 0 Å². The van der Waals surface area contributed by atoms with Crippen molar-refractivity contribution >= 4 is 17.9 Å². The van der Waals surface area contributed by atoms with Crippen molar-refractivity contribution in [3.05, 3.63) is 81.9 Å². The maximum atomic E-state index is 11.9. The molecule has 0 unspecified atom stereocenters. The predicted molar refractivity (Wildman–Crippen MR) is 74.9 cm³/mol. The molecular weight excluding hydrogens is 433 g/mol. The quantitative estimate of drug-likeness (QED) is 0.516. The summed E-state index contributed by atoms with van der Waals surface area (Å²) in [7, 11) is 0. The minimum absolute atomic E-state index is 0. The van der Waals surface area contributed by atoms with Crippen LogP contribution in [0.2, 0.25) is 0 Å². The molecule has 0 bridgehead atoms. The van der Waals surface area contributed by atoms with Crippen molar-refractivity contribution in [2.24, 2.45) is 0 Å². The summed E-state index contributed by atoms with van der Waals surface area (Å²) in [4.78, 5) is 11.9. The zero-order chi connectivity index (χ0) is 13.5. The van der Waals surface area contributed by atoms with Crippen molar-refractivity contribution in [1.29, 1.82) is 0 Å². The summed E-state index contributed by atoms with van der Waals surface area (Å²) in [6.45, 7) is 0. The first kappa shape index (κ1) is 17.0. The fourth-order valence-electron chi connectivity index (χ4n) is 1.57. The van der Waals surface area contributed by atoms with Gasteiger partial charge in [-0.25, -0.2) is 0 Å². The first-order valence-electron chi connectivity index (χ1n) is 5.92. The molecule has 0 atom stereocenters. The average molecular weight is 446 g/mol. The second-order valence-corrected chi connectivity index (χ2v) is 4.82. The van der Waals surface area contributed by atoms with E-state index in [9.17, 15) is 4.79 Å². The molecule has 2 aromatic rings. The van der Waals surface area contributed by atoms with E-state index in [0.29, 0.717) is 4.05 Å². The molecule has 0 fully saturated rings. The van der Waals surface area contributed by atoms with Gasteiger partial charge in [-0.15, -0.1) is 0 Å². The Morgan fingerprint density at radius 3 is 1.90 bits per heavy atom. The van der Waals surface area contributed by atoms with Crippen molar-refractivity contribution in [3.8, 4) is 0 Å². The number of hydrogen-bond acceptors (Lipinski definition) is 1. The minimum atomic E-state index is -0.0318. The second-order valence-electron chi connectivity index (χ2n) is 3.98. The fraction of sp³-hybridized carbons (Fsp3) is 0. The summed E-state index contributed by atoms with van der Waals surface area (Å²) < 4.78 is 0.585. The van der Waals surface area contributed by atoms with Crippen LogP contribution in [-0.4, -0.2) is 5.78 Å². The van der Waals surface area contributed by atoms with Crippen LogP contribution < -0.4 is 0 Å². The third kappa shape index (κ3) is 5.50. The molecule has 0 aliphatic carbocycles. The summed E-state index contributed by atoms with van der Waals surface area (Å²) in [6.07, 6.45) is 5.23. The Bertz CT molecular complexity index is 601. The van der Waals surface area contributed by atoms with Crippen LogP contribution in [0.25, 0.3) is 12.2 Å². The van der Waals surface area contributed by atoms with Crippen LogP contribution in [0.1, 0.15) is 11.1 Å². The molecule has 0 aliphatic rings. The zero-order valence-electron chi connectivity index (χ0n) is 10.5. The molecule has 0 radical (unpaired) electrons. The molecule has 3 heteroatoms. The normalized spacial score (nSPS) is 11.2. The average Bonchev–Trinajstić information content (AvgIpc) is 2.47. The van der Waals surface area contributed by atoms with Crippen molar-refractivity contribution in [2.75, 3.05) is 0 Å². The van der Waals surface area contributed by atoms with Crippen LogP contribution in [-0.2, 0) is 44.4 Å². The van der Waals surface area contributed by atoms with Gasteiger partial charge in [-0.3, -0.25) is 0 Å². The van der Waals surface area contributed by atoms with Gasteiger partial charge in [0.2, 0.25) is 0 Å². The molecule has 0 spiro atoms. The van der Waals surface area contributed by atoms with Gasteiger partial charge in [0.25, 0.3) is 0 Å². The molecule has 107 valence electrons. The van der Waals surface area contributed by atoms with E-state index in [2.05, 4.69) is 19.2 Å². The number of benzene rings is 2. The van der Waals surface area contributed by atoms with Crippen LogP contribution in [0, 0.1) is 0 Å². The van der Waals surface area contributed by atoms with Gasteiger partial charge in [0.15, 0.2) is 0 Å². The molecule has 0 aromatic heterocycles. The van der Waals surface area contributed by atoms with Gasteiger partial charge in [-0.1, -0.05) is 0 Å². The van der Waals surface area contributed by atoms with Gasteiger partial charge in [0.1, 0.15) is 0 Å². The molecular formula is C17H13OPd2. The van der Waals surface area contributed by atoms with Crippen molar-refractivity contribution in [2.45, 2.75) is 0 Å². The number of allylic oxidation sites excluding steroid dienone is 2. The predicted octanol–water partition coefficient (Wildman–Crippen LogP) is 3.85. The van der Waals surface area contributed by atoms with Crippen LogP contribution in [0.5, 0.6) is 0 Å². The van der Waals surface area contributed by atoms with E-state index in [1.807, 2.05) is 72.8 Å². The third-order valence-electron chi connectivity index (χ3n) is 2.53. The van der Waals surface area contributed by atoms with Gasteiger partial charge in [-0.2, -0.15) is 0 Å². The van der Waals surface area contributed by atoms with E-state index < -0.39 is 0 Å². The Labute approximate surface area is 143 Å². The van der Waals surface area contributed by atoms with Gasteiger partial charge < -0.3 is 0 Å². The van der Waals surface area contributed by atoms with E-state index >= 15 is 0 Å². The molecule has 0 saturated carbocycles. The molecule has 1 nitrogen and oxygen atoms in total. The van der Waals surface area contributed by atoms with E-state index in [1.165, 1.54) is 0 Å². The molecule has 0 saturated heterocycles. The topological polar surface area (TPSA) is 17.1 Å². The summed E-state index contributed by atoms with van der Waals surface area (Å²) in [6, 6.07) is 19.5. The van der Waals surface area contributed by atoms with Crippen molar-refractivity contribution in [3.63, 3.8) is 0 Å². The number of carbonyl (C=O) groups excluding carboxylic acids is 1. The SMILES string of the molecule is O=C(C=Cc1ccccc1)[C]([Pd])=Cc1ccccc1.[Pd]. The summed E-state index contributed by atoms with van der Waals surface area (Å²) >= 11 is 3.02. The number of rotatable bonds is 4. The zero-order valence-corrected chi connectivity index (χ0v) is 13.7. The molecule has 20 heavy (non-hydrogen) atoms. The Morgan fingerprint density at radius 1 is 0.850 bits per heavy atom. The monoisotopic (exact) mass is 445 g/mol.